The van der Waals surface area contributed by atoms with Crippen LogP contribution in [0.5, 0.6) is 5.75 Å². The molecule has 7 heteroatoms. The molecule has 3 rings (SSSR count). The van der Waals surface area contributed by atoms with Gasteiger partial charge in [0.2, 0.25) is 0 Å². The standard InChI is InChI=1S/C16H13N3O3S/c1-19-15-6-4-3-5-13(15)14(8-17)16(19)11-7-12(10-18-9-11)22-23(2,20)21/h3-7,9-10H,1-2H3. The molecule has 2 heterocycles. The van der Waals surface area contributed by atoms with Crippen LogP contribution in [-0.2, 0) is 17.2 Å². The smallest absolute Gasteiger partial charge is 0.306 e. The van der Waals surface area contributed by atoms with E-state index >= 15 is 0 Å². The molecule has 0 bridgehead atoms. The van der Waals surface area contributed by atoms with Crippen molar-refractivity contribution in [1.29, 1.82) is 5.26 Å². The van der Waals surface area contributed by atoms with E-state index in [0.29, 0.717) is 16.8 Å². The lowest BCUT2D eigenvalue weighted by Crippen LogP contribution is -2.06. The number of fused-ring (bicyclic) bond motifs is 1. The van der Waals surface area contributed by atoms with Gasteiger partial charge in [-0.2, -0.15) is 13.7 Å². The molecular formula is C16H13N3O3S. The van der Waals surface area contributed by atoms with E-state index in [1.807, 2.05) is 35.9 Å². The first-order chi connectivity index (χ1) is 10.9. The zero-order chi connectivity index (χ0) is 16.6. The second kappa shape index (κ2) is 5.41. The minimum Gasteiger partial charge on any atom is -0.381 e. The Balaban J connectivity index is 2.24. The van der Waals surface area contributed by atoms with Gasteiger partial charge in [0.05, 0.1) is 23.7 Å². The number of nitrogens with zero attached hydrogens (tertiary/aromatic N) is 3. The van der Waals surface area contributed by atoms with Crippen LogP contribution in [-0.4, -0.2) is 24.2 Å². The summed E-state index contributed by atoms with van der Waals surface area (Å²) in [6, 6.07) is 11.3. The van der Waals surface area contributed by atoms with Crippen molar-refractivity contribution in [2.75, 3.05) is 6.26 Å². The fourth-order valence-electron chi connectivity index (χ4n) is 2.61. The molecule has 23 heavy (non-hydrogen) atoms. The first-order valence-electron chi connectivity index (χ1n) is 6.73. The summed E-state index contributed by atoms with van der Waals surface area (Å²) < 4.78 is 29.3. The third-order valence-corrected chi connectivity index (χ3v) is 3.95. The lowest BCUT2D eigenvalue weighted by Gasteiger charge is -2.07. The Bertz CT molecular complexity index is 1050. The fourth-order valence-corrected chi connectivity index (χ4v) is 3.05. The van der Waals surface area contributed by atoms with E-state index in [-0.39, 0.29) is 5.75 Å². The zero-order valence-electron chi connectivity index (χ0n) is 12.5. The monoisotopic (exact) mass is 327 g/mol. The van der Waals surface area contributed by atoms with Crippen LogP contribution in [0, 0.1) is 11.3 Å². The van der Waals surface area contributed by atoms with Gasteiger partial charge in [0.1, 0.15) is 6.07 Å². The van der Waals surface area contributed by atoms with Gasteiger partial charge in [-0.15, -0.1) is 0 Å². The van der Waals surface area contributed by atoms with Gasteiger partial charge in [-0.05, 0) is 12.1 Å². The van der Waals surface area contributed by atoms with Crippen molar-refractivity contribution >= 4 is 21.0 Å². The van der Waals surface area contributed by atoms with E-state index < -0.39 is 10.1 Å². The summed E-state index contributed by atoms with van der Waals surface area (Å²) in [6.45, 7) is 0. The van der Waals surface area contributed by atoms with Gasteiger partial charge in [0, 0.05) is 29.7 Å². The highest BCUT2D eigenvalue weighted by Crippen LogP contribution is 2.33. The second-order valence-electron chi connectivity index (χ2n) is 5.11. The highest BCUT2D eigenvalue weighted by Gasteiger charge is 2.17. The summed E-state index contributed by atoms with van der Waals surface area (Å²) in [4.78, 5) is 4.02. The summed E-state index contributed by atoms with van der Waals surface area (Å²) in [7, 11) is -1.79. The van der Waals surface area contributed by atoms with Crippen LogP contribution in [0.15, 0.2) is 42.7 Å². The molecule has 0 radical (unpaired) electrons. The number of benzene rings is 1. The lowest BCUT2D eigenvalue weighted by molar-refractivity contribution is 0.492. The van der Waals surface area contributed by atoms with Crippen molar-refractivity contribution in [3.05, 3.63) is 48.3 Å². The summed E-state index contributed by atoms with van der Waals surface area (Å²) in [5.74, 6) is 0.110. The lowest BCUT2D eigenvalue weighted by atomic mass is 10.1. The minimum absolute atomic E-state index is 0.110. The Labute approximate surface area is 133 Å². The van der Waals surface area contributed by atoms with Crippen LogP contribution in [0.2, 0.25) is 0 Å². The normalized spacial score (nSPS) is 11.3. The Morgan fingerprint density at radius 1 is 1.26 bits per heavy atom. The minimum atomic E-state index is -3.64. The molecule has 0 aliphatic carbocycles. The zero-order valence-corrected chi connectivity index (χ0v) is 13.3. The maximum Gasteiger partial charge on any atom is 0.306 e. The topological polar surface area (TPSA) is 85.0 Å². The summed E-state index contributed by atoms with van der Waals surface area (Å²) in [6.07, 6.45) is 3.86. The number of nitriles is 1. The first kappa shape index (κ1) is 15.1. The van der Waals surface area contributed by atoms with Gasteiger partial charge in [-0.3, -0.25) is 4.98 Å². The van der Waals surface area contributed by atoms with Crippen molar-refractivity contribution in [3.63, 3.8) is 0 Å². The Morgan fingerprint density at radius 3 is 2.70 bits per heavy atom. The van der Waals surface area contributed by atoms with Gasteiger partial charge >= 0.3 is 10.1 Å². The predicted octanol–water partition coefficient (Wildman–Crippen LogP) is 2.45. The number of aromatic nitrogens is 2. The maximum absolute atomic E-state index is 11.3. The number of rotatable bonds is 3. The first-order valence-corrected chi connectivity index (χ1v) is 8.55. The van der Waals surface area contributed by atoms with Crippen molar-refractivity contribution in [2.45, 2.75) is 0 Å². The van der Waals surface area contributed by atoms with Crippen LogP contribution in [0.4, 0.5) is 0 Å². The highest BCUT2D eigenvalue weighted by atomic mass is 32.2. The molecule has 0 aliphatic heterocycles. The quantitative estimate of drug-likeness (QED) is 0.690. The molecule has 1 aromatic carbocycles. The molecule has 0 aliphatic rings. The van der Waals surface area contributed by atoms with E-state index in [1.165, 1.54) is 6.20 Å². The number of hydrogen-bond donors (Lipinski definition) is 0. The number of hydrogen-bond acceptors (Lipinski definition) is 5. The van der Waals surface area contributed by atoms with Crippen molar-refractivity contribution < 1.29 is 12.6 Å². The van der Waals surface area contributed by atoms with Crippen molar-refractivity contribution in [2.24, 2.45) is 7.05 Å². The molecule has 116 valence electrons. The molecular weight excluding hydrogens is 314 g/mol. The molecule has 6 nitrogen and oxygen atoms in total. The van der Waals surface area contributed by atoms with Gasteiger partial charge < -0.3 is 8.75 Å². The molecule has 3 aromatic rings. The maximum atomic E-state index is 11.3. The van der Waals surface area contributed by atoms with Crippen molar-refractivity contribution in [1.82, 2.24) is 9.55 Å². The Morgan fingerprint density at radius 2 is 2.00 bits per heavy atom. The van der Waals surface area contributed by atoms with Gasteiger partial charge in [0.15, 0.2) is 5.75 Å². The van der Waals surface area contributed by atoms with E-state index in [4.69, 9.17) is 4.18 Å². The molecule has 0 unspecified atom stereocenters. The van der Waals surface area contributed by atoms with Gasteiger partial charge in [-0.25, -0.2) is 0 Å². The van der Waals surface area contributed by atoms with Crippen LogP contribution in [0.25, 0.3) is 22.2 Å². The third kappa shape index (κ3) is 2.76. The highest BCUT2D eigenvalue weighted by molar-refractivity contribution is 7.86. The summed E-state index contributed by atoms with van der Waals surface area (Å²) >= 11 is 0. The molecule has 0 saturated heterocycles. The predicted molar refractivity (Wildman–Crippen MR) is 86.3 cm³/mol. The molecule has 0 N–H and O–H groups in total. The van der Waals surface area contributed by atoms with Crippen LogP contribution >= 0.6 is 0 Å². The number of para-hydroxylation sites is 1. The average molecular weight is 327 g/mol. The van der Waals surface area contributed by atoms with E-state index in [9.17, 15) is 13.7 Å². The fraction of sp³-hybridized carbons (Fsp3) is 0.125. The van der Waals surface area contributed by atoms with Crippen LogP contribution in [0.3, 0.4) is 0 Å². The number of pyridine rings is 1. The number of aryl methyl sites for hydroxylation is 1. The Hall–Kier alpha value is -2.85. The van der Waals surface area contributed by atoms with E-state index in [0.717, 1.165) is 17.2 Å². The molecule has 2 aromatic heterocycles. The molecule has 0 amide bonds. The molecule has 0 saturated carbocycles. The van der Waals surface area contributed by atoms with Gasteiger partial charge in [0.25, 0.3) is 0 Å². The molecule has 0 atom stereocenters. The average Bonchev–Trinajstić information content (AvgIpc) is 2.78. The van der Waals surface area contributed by atoms with Gasteiger partial charge in [-0.1, -0.05) is 18.2 Å². The van der Waals surface area contributed by atoms with Crippen LogP contribution < -0.4 is 4.18 Å². The summed E-state index contributed by atoms with van der Waals surface area (Å²) in [5.41, 5.74) is 2.71. The largest absolute Gasteiger partial charge is 0.381 e. The Kier molecular flexibility index (Phi) is 3.54. The molecule has 0 fully saturated rings. The van der Waals surface area contributed by atoms with E-state index in [1.54, 1.807) is 12.3 Å². The van der Waals surface area contributed by atoms with Crippen molar-refractivity contribution in [3.8, 4) is 23.1 Å². The third-order valence-electron chi connectivity index (χ3n) is 3.45. The second-order valence-corrected chi connectivity index (χ2v) is 6.68. The SMILES string of the molecule is Cn1c(-c2cncc(OS(C)(=O)=O)c2)c(C#N)c2ccccc21. The summed E-state index contributed by atoms with van der Waals surface area (Å²) in [5, 5.41) is 10.4. The molecule has 0 spiro atoms. The van der Waals surface area contributed by atoms with E-state index in [2.05, 4.69) is 11.1 Å². The van der Waals surface area contributed by atoms with Crippen LogP contribution in [0.1, 0.15) is 5.56 Å².